The Kier molecular flexibility index (Phi) is 5.80. The van der Waals surface area contributed by atoms with E-state index in [0.29, 0.717) is 18.0 Å². The zero-order valence-corrected chi connectivity index (χ0v) is 12.5. The number of carbonyl (C=O) groups excluding carboxylic acids is 1. The van der Waals surface area contributed by atoms with Gasteiger partial charge in [-0.25, -0.2) is 4.79 Å². The fourth-order valence-electron chi connectivity index (χ4n) is 1.98. The van der Waals surface area contributed by atoms with Crippen LogP contribution in [0.5, 0.6) is 5.75 Å². The Morgan fingerprint density at radius 1 is 1.18 bits per heavy atom. The first-order valence-corrected chi connectivity index (χ1v) is 7.11. The number of rotatable bonds is 6. The Hall–Kier alpha value is -2.53. The van der Waals surface area contributed by atoms with Crippen molar-refractivity contribution < 1.29 is 14.6 Å². The molecule has 0 spiro atoms. The molecule has 0 atom stereocenters. The Bertz CT molecular complexity index is 629. The number of nitrogens with one attached hydrogen (secondary N) is 2. The van der Waals surface area contributed by atoms with Crippen LogP contribution in [0.25, 0.3) is 0 Å². The molecule has 0 aliphatic heterocycles. The fraction of sp³-hybridized carbons (Fsp3) is 0.235. The van der Waals surface area contributed by atoms with E-state index in [0.717, 1.165) is 5.56 Å². The highest BCUT2D eigenvalue weighted by Crippen LogP contribution is 2.18. The number of benzene rings is 2. The van der Waals surface area contributed by atoms with Crippen LogP contribution in [0.2, 0.25) is 0 Å². The van der Waals surface area contributed by atoms with Crippen LogP contribution in [0.1, 0.15) is 11.1 Å². The summed E-state index contributed by atoms with van der Waals surface area (Å²) in [5, 5.41) is 13.9. The molecule has 0 saturated heterocycles. The highest BCUT2D eigenvalue weighted by molar-refractivity contribution is 5.89. The van der Waals surface area contributed by atoms with Crippen molar-refractivity contribution in [3.8, 4) is 5.75 Å². The minimum Gasteiger partial charge on any atom is -0.489 e. The van der Waals surface area contributed by atoms with Gasteiger partial charge in [0.15, 0.2) is 0 Å². The van der Waals surface area contributed by atoms with Gasteiger partial charge in [-0.2, -0.15) is 0 Å². The second-order valence-corrected chi connectivity index (χ2v) is 4.91. The first-order chi connectivity index (χ1) is 10.7. The Morgan fingerprint density at radius 3 is 2.77 bits per heavy atom. The van der Waals surface area contributed by atoms with Gasteiger partial charge in [0.2, 0.25) is 0 Å². The summed E-state index contributed by atoms with van der Waals surface area (Å²) in [6, 6.07) is 15.0. The highest BCUT2D eigenvalue weighted by Gasteiger charge is 2.02. The molecule has 2 rings (SSSR count). The summed E-state index contributed by atoms with van der Waals surface area (Å²) in [5.41, 5.74) is 2.92. The van der Waals surface area contributed by atoms with Crippen molar-refractivity contribution in [2.75, 3.05) is 18.5 Å². The maximum Gasteiger partial charge on any atom is 0.319 e. The normalized spacial score (nSPS) is 10.1. The van der Waals surface area contributed by atoms with Crippen molar-refractivity contribution in [3.05, 3.63) is 59.7 Å². The van der Waals surface area contributed by atoms with Gasteiger partial charge in [0.25, 0.3) is 0 Å². The lowest BCUT2D eigenvalue weighted by atomic mass is 10.1. The van der Waals surface area contributed by atoms with Crippen LogP contribution >= 0.6 is 0 Å². The van der Waals surface area contributed by atoms with Gasteiger partial charge in [0.1, 0.15) is 12.4 Å². The SMILES string of the molecule is Cc1cccc(COc2cccc(NC(=O)NCCO)c2)c1. The van der Waals surface area contributed by atoms with Gasteiger partial charge in [-0.05, 0) is 24.6 Å². The van der Waals surface area contributed by atoms with Crippen LogP contribution < -0.4 is 15.4 Å². The third-order valence-electron chi connectivity index (χ3n) is 2.98. The molecule has 0 unspecified atom stereocenters. The van der Waals surface area contributed by atoms with Gasteiger partial charge >= 0.3 is 6.03 Å². The molecule has 0 aliphatic rings. The monoisotopic (exact) mass is 300 g/mol. The van der Waals surface area contributed by atoms with Gasteiger partial charge in [-0.15, -0.1) is 0 Å². The van der Waals surface area contributed by atoms with Crippen LogP contribution in [0.4, 0.5) is 10.5 Å². The molecule has 0 fully saturated rings. The zero-order chi connectivity index (χ0) is 15.8. The minimum atomic E-state index is -0.357. The molecular formula is C17H20N2O3. The molecule has 2 amide bonds. The standard InChI is InChI=1S/C17H20N2O3/c1-13-4-2-5-14(10-13)12-22-16-7-3-6-15(11-16)19-17(21)18-8-9-20/h2-7,10-11,20H,8-9,12H2,1H3,(H2,18,19,21). The van der Waals surface area contributed by atoms with E-state index in [4.69, 9.17) is 9.84 Å². The van der Waals surface area contributed by atoms with E-state index in [1.807, 2.05) is 37.3 Å². The molecule has 22 heavy (non-hydrogen) atoms. The van der Waals surface area contributed by atoms with Gasteiger partial charge in [-0.3, -0.25) is 0 Å². The first kappa shape index (κ1) is 15.9. The molecule has 116 valence electrons. The van der Waals surface area contributed by atoms with Crippen LogP contribution in [-0.4, -0.2) is 24.3 Å². The molecule has 0 heterocycles. The average Bonchev–Trinajstić information content (AvgIpc) is 2.51. The van der Waals surface area contributed by atoms with Crippen LogP contribution in [0.15, 0.2) is 48.5 Å². The van der Waals surface area contributed by atoms with E-state index < -0.39 is 0 Å². The minimum absolute atomic E-state index is 0.0902. The number of urea groups is 1. The lowest BCUT2D eigenvalue weighted by Crippen LogP contribution is -2.30. The number of ether oxygens (including phenoxy) is 1. The molecule has 0 aromatic heterocycles. The molecule has 2 aromatic carbocycles. The predicted octanol–water partition coefficient (Wildman–Crippen LogP) is 2.69. The summed E-state index contributed by atoms with van der Waals surface area (Å²) in [4.78, 5) is 11.5. The number of anilines is 1. The van der Waals surface area contributed by atoms with Gasteiger partial charge in [0, 0.05) is 18.3 Å². The van der Waals surface area contributed by atoms with Crippen LogP contribution in [0.3, 0.4) is 0 Å². The Balaban J connectivity index is 1.92. The smallest absolute Gasteiger partial charge is 0.319 e. The maximum atomic E-state index is 11.5. The number of aliphatic hydroxyl groups excluding tert-OH is 1. The fourth-order valence-corrected chi connectivity index (χ4v) is 1.98. The third-order valence-corrected chi connectivity index (χ3v) is 2.98. The van der Waals surface area contributed by atoms with Crippen molar-refractivity contribution in [1.82, 2.24) is 5.32 Å². The predicted molar refractivity (Wildman–Crippen MR) is 86.1 cm³/mol. The largest absolute Gasteiger partial charge is 0.489 e. The van der Waals surface area contributed by atoms with Gasteiger partial charge in [0.05, 0.1) is 6.61 Å². The molecular weight excluding hydrogens is 280 g/mol. The lowest BCUT2D eigenvalue weighted by Gasteiger charge is -2.10. The van der Waals surface area contributed by atoms with E-state index in [2.05, 4.69) is 16.7 Å². The summed E-state index contributed by atoms with van der Waals surface area (Å²) in [7, 11) is 0. The summed E-state index contributed by atoms with van der Waals surface area (Å²) in [6.07, 6.45) is 0. The van der Waals surface area contributed by atoms with Crippen LogP contribution in [-0.2, 0) is 6.61 Å². The van der Waals surface area contributed by atoms with E-state index in [-0.39, 0.29) is 19.2 Å². The summed E-state index contributed by atoms with van der Waals surface area (Å²) in [6.45, 7) is 2.64. The molecule has 5 heteroatoms. The number of hydrogen-bond donors (Lipinski definition) is 3. The topological polar surface area (TPSA) is 70.6 Å². The zero-order valence-electron chi connectivity index (χ0n) is 12.5. The molecule has 2 aromatic rings. The van der Waals surface area contributed by atoms with Crippen molar-refractivity contribution in [2.24, 2.45) is 0 Å². The van der Waals surface area contributed by atoms with Crippen LogP contribution in [0, 0.1) is 6.92 Å². The number of aryl methyl sites for hydroxylation is 1. The average molecular weight is 300 g/mol. The van der Waals surface area contributed by atoms with E-state index in [1.54, 1.807) is 12.1 Å². The Labute approximate surface area is 129 Å². The van der Waals surface area contributed by atoms with E-state index in [1.165, 1.54) is 5.56 Å². The summed E-state index contributed by atoms with van der Waals surface area (Å²) < 4.78 is 5.74. The first-order valence-electron chi connectivity index (χ1n) is 7.11. The second kappa shape index (κ2) is 8.05. The quantitative estimate of drug-likeness (QED) is 0.768. The molecule has 0 bridgehead atoms. The summed E-state index contributed by atoms with van der Waals surface area (Å²) in [5.74, 6) is 0.682. The van der Waals surface area contributed by atoms with Crippen molar-refractivity contribution in [3.63, 3.8) is 0 Å². The molecule has 0 saturated carbocycles. The number of hydrogen-bond acceptors (Lipinski definition) is 3. The van der Waals surface area contributed by atoms with Gasteiger partial charge in [-0.1, -0.05) is 35.9 Å². The number of amides is 2. The molecule has 0 aliphatic carbocycles. The van der Waals surface area contributed by atoms with Crippen molar-refractivity contribution >= 4 is 11.7 Å². The molecule has 0 radical (unpaired) electrons. The number of aliphatic hydroxyl groups is 1. The maximum absolute atomic E-state index is 11.5. The highest BCUT2D eigenvalue weighted by atomic mass is 16.5. The second-order valence-electron chi connectivity index (χ2n) is 4.91. The molecule has 3 N–H and O–H groups in total. The van der Waals surface area contributed by atoms with E-state index >= 15 is 0 Å². The van der Waals surface area contributed by atoms with Crippen molar-refractivity contribution in [2.45, 2.75) is 13.5 Å². The van der Waals surface area contributed by atoms with E-state index in [9.17, 15) is 4.79 Å². The lowest BCUT2D eigenvalue weighted by molar-refractivity contribution is 0.245. The Morgan fingerprint density at radius 2 is 2.00 bits per heavy atom. The molecule has 5 nitrogen and oxygen atoms in total. The van der Waals surface area contributed by atoms with Crippen molar-refractivity contribution in [1.29, 1.82) is 0 Å². The van der Waals surface area contributed by atoms with Gasteiger partial charge < -0.3 is 20.5 Å². The number of carbonyl (C=O) groups is 1. The summed E-state index contributed by atoms with van der Waals surface area (Å²) >= 11 is 0. The third kappa shape index (κ3) is 5.10.